The van der Waals surface area contributed by atoms with E-state index in [0.29, 0.717) is 39.6 Å². The lowest BCUT2D eigenvalue weighted by Crippen LogP contribution is -2.33. The maximum Gasteiger partial charge on any atom is 0.266 e. The zero-order valence-electron chi connectivity index (χ0n) is 21.4. The Morgan fingerprint density at radius 1 is 0.875 bits per heavy atom. The van der Waals surface area contributed by atoms with Gasteiger partial charge in [0, 0.05) is 29.9 Å². The third kappa shape index (κ3) is 5.12. The standard InChI is InChI=1S/C31H26N2O6S/c34-18-20-11-13-21(14-12-20)27-17-24(19-40-28-10-3-4-15-32(28)37)38-31(39-27)22-6-5-7-23(16-22)33-29(35)25-8-1-2-9-26(25)30(33)36/h1-16,24,27,31,34H,17-19H2. The van der Waals surface area contributed by atoms with Crippen LogP contribution in [-0.4, -0.2) is 28.8 Å². The number of thioether (sulfide) groups is 1. The van der Waals surface area contributed by atoms with Crippen LogP contribution in [0.15, 0.2) is 102 Å². The Kier molecular flexibility index (Phi) is 7.36. The van der Waals surface area contributed by atoms with E-state index < -0.39 is 6.29 Å². The lowest BCUT2D eigenvalue weighted by atomic mass is 10.0. The number of rotatable bonds is 7. The van der Waals surface area contributed by atoms with Crippen molar-refractivity contribution < 1.29 is 28.9 Å². The van der Waals surface area contributed by atoms with Gasteiger partial charge in [-0.05, 0) is 41.5 Å². The lowest BCUT2D eigenvalue weighted by molar-refractivity contribution is -0.645. The summed E-state index contributed by atoms with van der Waals surface area (Å²) in [7, 11) is 0. The van der Waals surface area contributed by atoms with E-state index in [9.17, 15) is 19.9 Å². The first-order valence-corrected chi connectivity index (χ1v) is 13.9. The number of aliphatic hydroxyl groups excluding tert-OH is 1. The van der Waals surface area contributed by atoms with E-state index in [4.69, 9.17) is 9.47 Å². The number of benzene rings is 3. The summed E-state index contributed by atoms with van der Waals surface area (Å²) >= 11 is 1.41. The van der Waals surface area contributed by atoms with E-state index in [1.54, 1.807) is 54.6 Å². The molecule has 3 heterocycles. The summed E-state index contributed by atoms with van der Waals surface area (Å²) in [4.78, 5) is 27.3. The molecule has 3 aromatic carbocycles. The monoisotopic (exact) mass is 554 g/mol. The number of anilines is 1. The van der Waals surface area contributed by atoms with Crippen molar-refractivity contribution in [2.75, 3.05) is 10.7 Å². The first-order valence-electron chi connectivity index (χ1n) is 12.9. The SMILES string of the molecule is O=C1c2ccccc2C(=O)N1c1cccc(C2OC(CSc3cccc[n+]3[O-])CC(c3ccc(CO)cc3)O2)c1. The molecule has 0 radical (unpaired) electrons. The fourth-order valence-electron chi connectivity index (χ4n) is 4.96. The Bertz CT molecular complexity index is 1520. The Balaban J connectivity index is 1.28. The van der Waals surface area contributed by atoms with Gasteiger partial charge in [-0.3, -0.25) is 9.59 Å². The minimum atomic E-state index is -0.771. The second-order valence-electron chi connectivity index (χ2n) is 9.61. The molecule has 2 amide bonds. The van der Waals surface area contributed by atoms with Crippen LogP contribution in [0.3, 0.4) is 0 Å². The molecule has 1 fully saturated rings. The van der Waals surface area contributed by atoms with Crippen molar-refractivity contribution in [3.8, 4) is 0 Å². The molecule has 3 atom stereocenters. The van der Waals surface area contributed by atoms with Crippen LogP contribution >= 0.6 is 11.8 Å². The van der Waals surface area contributed by atoms with Crippen LogP contribution < -0.4 is 9.63 Å². The van der Waals surface area contributed by atoms with Gasteiger partial charge in [0.25, 0.3) is 16.8 Å². The summed E-state index contributed by atoms with van der Waals surface area (Å²) in [6.07, 6.45) is 0.689. The van der Waals surface area contributed by atoms with Gasteiger partial charge in [-0.2, -0.15) is 4.73 Å². The van der Waals surface area contributed by atoms with Crippen LogP contribution in [0.4, 0.5) is 5.69 Å². The molecule has 202 valence electrons. The van der Waals surface area contributed by atoms with Crippen LogP contribution in [-0.2, 0) is 16.1 Å². The molecule has 0 bridgehead atoms. The quantitative estimate of drug-likeness (QED) is 0.149. The summed E-state index contributed by atoms with van der Waals surface area (Å²) < 4.78 is 13.6. The summed E-state index contributed by atoms with van der Waals surface area (Å²) in [5, 5.41) is 22.2. The maximum absolute atomic E-state index is 13.1. The minimum Gasteiger partial charge on any atom is -0.618 e. The number of nitrogens with zero attached hydrogens (tertiary/aromatic N) is 2. The third-order valence-electron chi connectivity index (χ3n) is 7.02. The molecule has 1 N–H and O–H groups in total. The average Bonchev–Trinajstić information content (AvgIpc) is 3.26. The minimum absolute atomic E-state index is 0.0479. The number of pyridine rings is 1. The number of amides is 2. The first kappa shape index (κ1) is 26.2. The van der Waals surface area contributed by atoms with Gasteiger partial charge in [0.05, 0.1) is 35.6 Å². The molecule has 2 aliphatic heterocycles. The smallest absolute Gasteiger partial charge is 0.266 e. The largest absolute Gasteiger partial charge is 0.618 e. The maximum atomic E-state index is 13.1. The second-order valence-corrected chi connectivity index (χ2v) is 10.7. The van der Waals surface area contributed by atoms with Crippen molar-refractivity contribution in [1.29, 1.82) is 0 Å². The number of carbonyl (C=O) groups is 2. The zero-order valence-corrected chi connectivity index (χ0v) is 22.2. The highest BCUT2D eigenvalue weighted by atomic mass is 32.2. The average molecular weight is 555 g/mol. The third-order valence-corrected chi connectivity index (χ3v) is 8.17. The number of ether oxygens (including phenoxy) is 2. The highest BCUT2D eigenvalue weighted by Gasteiger charge is 2.37. The Morgan fingerprint density at radius 3 is 2.30 bits per heavy atom. The Hall–Kier alpha value is -4.02. The topological polar surface area (TPSA) is 103 Å². The fourth-order valence-corrected chi connectivity index (χ4v) is 5.89. The molecule has 2 aliphatic rings. The molecule has 6 rings (SSSR count). The number of aromatic nitrogens is 1. The van der Waals surface area contributed by atoms with Gasteiger partial charge in [0.15, 0.2) is 12.5 Å². The molecule has 0 aliphatic carbocycles. The second kappa shape index (κ2) is 11.2. The highest BCUT2D eigenvalue weighted by Crippen LogP contribution is 2.40. The molecule has 1 saturated heterocycles. The van der Waals surface area contributed by atoms with Crippen molar-refractivity contribution in [2.45, 2.75) is 36.6 Å². The summed E-state index contributed by atoms with van der Waals surface area (Å²) in [5.74, 6) is -0.212. The first-order chi connectivity index (χ1) is 19.5. The number of hydrogen-bond donors (Lipinski definition) is 1. The van der Waals surface area contributed by atoms with E-state index in [-0.39, 0.29) is 30.6 Å². The van der Waals surface area contributed by atoms with Gasteiger partial charge in [0.2, 0.25) is 0 Å². The number of fused-ring (bicyclic) bond motifs is 1. The van der Waals surface area contributed by atoms with Gasteiger partial charge < -0.3 is 19.8 Å². The van der Waals surface area contributed by atoms with E-state index >= 15 is 0 Å². The number of hydrogen-bond acceptors (Lipinski definition) is 7. The van der Waals surface area contributed by atoms with E-state index in [2.05, 4.69) is 0 Å². The van der Waals surface area contributed by atoms with E-state index in [1.165, 1.54) is 22.9 Å². The van der Waals surface area contributed by atoms with Gasteiger partial charge in [-0.15, -0.1) is 0 Å². The van der Waals surface area contributed by atoms with E-state index in [1.807, 2.05) is 36.4 Å². The molecule has 3 unspecified atom stereocenters. The van der Waals surface area contributed by atoms with Crippen LogP contribution in [0.1, 0.15) is 56.2 Å². The normalized spacial score (nSPS) is 20.5. The summed E-state index contributed by atoms with van der Waals surface area (Å²) in [6, 6.07) is 26.7. The van der Waals surface area contributed by atoms with Crippen molar-refractivity contribution >= 4 is 29.3 Å². The number of carbonyl (C=O) groups excluding carboxylic acids is 2. The molecule has 0 spiro atoms. The zero-order chi connectivity index (χ0) is 27.6. The van der Waals surface area contributed by atoms with Gasteiger partial charge in [-0.25, -0.2) is 4.90 Å². The molecule has 40 heavy (non-hydrogen) atoms. The number of aliphatic hydroxyl groups is 1. The highest BCUT2D eigenvalue weighted by molar-refractivity contribution is 7.99. The molecular formula is C31H26N2O6S. The predicted octanol–water partition coefficient (Wildman–Crippen LogP) is 4.95. The molecule has 4 aromatic rings. The Morgan fingerprint density at radius 2 is 1.60 bits per heavy atom. The van der Waals surface area contributed by atoms with Crippen molar-refractivity contribution in [3.05, 3.63) is 130 Å². The van der Waals surface area contributed by atoms with Gasteiger partial charge in [0.1, 0.15) is 0 Å². The molecule has 9 heteroatoms. The fraction of sp³-hybridized carbons (Fsp3) is 0.194. The molecule has 8 nitrogen and oxygen atoms in total. The van der Waals surface area contributed by atoms with Crippen LogP contribution in [0.5, 0.6) is 0 Å². The van der Waals surface area contributed by atoms with Crippen LogP contribution in [0.25, 0.3) is 0 Å². The van der Waals surface area contributed by atoms with Crippen molar-refractivity contribution in [1.82, 2.24) is 0 Å². The van der Waals surface area contributed by atoms with Crippen LogP contribution in [0.2, 0.25) is 0 Å². The van der Waals surface area contributed by atoms with Crippen LogP contribution in [0, 0.1) is 5.21 Å². The van der Waals surface area contributed by atoms with Gasteiger partial charge in [-0.1, -0.05) is 60.3 Å². The van der Waals surface area contributed by atoms with E-state index in [0.717, 1.165) is 15.9 Å². The predicted molar refractivity (Wildman–Crippen MR) is 149 cm³/mol. The summed E-state index contributed by atoms with van der Waals surface area (Å²) in [5.41, 5.74) is 3.60. The van der Waals surface area contributed by atoms with Crippen molar-refractivity contribution in [2.24, 2.45) is 0 Å². The lowest BCUT2D eigenvalue weighted by Gasteiger charge is -2.36. The van der Waals surface area contributed by atoms with Gasteiger partial charge >= 0.3 is 0 Å². The summed E-state index contributed by atoms with van der Waals surface area (Å²) in [6.45, 7) is -0.0479. The van der Waals surface area contributed by atoms with Crippen molar-refractivity contribution in [3.63, 3.8) is 0 Å². The molecular weight excluding hydrogens is 528 g/mol. The Labute approximate surface area is 235 Å². The number of imide groups is 1. The molecule has 0 saturated carbocycles. The molecule has 1 aromatic heterocycles.